The van der Waals surface area contributed by atoms with Crippen LogP contribution in [0.2, 0.25) is 0 Å². The van der Waals surface area contributed by atoms with Gasteiger partial charge in [-0.1, -0.05) is 26.0 Å². The van der Waals surface area contributed by atoms with Gasteiger partial charge in [0, 0.05) is 13.0 Å². The first-order valence-corrected chi connectivity index (χ1v) is 9.06. The first kappa shape index (κ1) is 21.9. The van der Waals surface area contributed by atoms with Crippen molar-refractivity contribution >= 4 is 34.9 Å². The van der Waals surface area contributed by atoms with E-state index in [1.165, 1.54) is 0 Å². The normalized spacial score (nSPS) is 12.2. The molecule has 0 aliphatic rings. The van der Waals surface area contributed by atoms with Crippen LogP contribution in [0.25, 0.3) is 0 Å². The molecule has 0 spiro atoms. The standard InChI is InChI=1S/C19H25N7O3/c1-11(2)17(21)19(28)29-14-6-4-3-5-12(14)25-26-13-7-8-15(24-18(13)22)23-16(27)9-10-20/h3-8,11,17H,9-10,20-21H2,1-2H3,(H3,22,23,24,27)/b26-25+/t17-/m0/s1. The molecule has 7 N–H and O–H groups in total. The fourth-order valence-corrected chi connectivity index (χ4v) is 2.14. The highest BCUT2D eigenvalue weighted by Crippen LogP contribution is 2.31. The Bertz CT molecular complexity index is 899. The number of nitrogens with two attached hydrogens (primary N) is 3. The summed E-state index contributed by atoms with van der Waals surface area (Å²) in [5, 5.41) is 10.7. The van der Waals surface area contributed by atoms with E-state index in [4.69, 9.17) is 21.9 Å². The smallest absolute Gasteiger partial charge is 0.328 e. The van der Waals surface area contributed by atoms with Crippen LogP contribution in [0.15, 0.2) is 46.6 Å². The number of esters is 1. The summed E-state index contributed by atoms with van der Waals surface area (Å²) in [5.41, 5.74) is 17.7. The van der Waals surface area contributed by atoms with Gasteiger partial charge in [0.2, 0.25) is 5.91 Å². The average molecular weight is 399 g/mol. The molecule has 1 amide bonds. The molecule has 1 atom stereocenters. The number of benzene rings is 1. The summed E-state index contributed by atoms with van der Waals surface area (Å²) in [6.07, 6.45) is 0.180. The van der Waals surface area contributed by atoms with Gasteiger partial charge in [-0.3, -0.25) is 4.79 Å². The number of anilines is 2. The van der Waals surface area contributed by atoms with E-state index in [-0.39, 0.29) is 42.2 Å². The van der Waals surface area contributed by atoms with Crippen LogP contribution in [0, 0.1) is 5.92 Å². The summed E-state index contributed by atoms with van der Waals surface area (Å²) >= 11 is 0. The summed E-state index contributed by atoms with van der Waals surface area (Å²) in [6.45, 7) is 3.89. The number of nitrogen functional groups attached to an aromatic ring is 1. The van der Waals surface area contributed by atoms with E-state index in [2.05, 4.69) is 20.5 Å². The lowest BCUT2D eigenvalue weighted by Crippen LogP contribution is -2.38. The number of carbonyl (C=O) groups excluding carboxylic acids is 2. The summed E-state index contributed by atoms with van der Waals surface area (Å²) in [4.78, 5) is 27.8. The second-order valence-corrected chi connectivity index (χ2v) is 6.55. The van der Waals surface area contributed by atoms with E-state index in [9.17, 15) is 9.59 Å². The van der Waals surface area contributed by atoms with Crippen LogP contribution in [0.1, 0.15) is 20.3 Å². The molecule has 1 heterocycles. The van der Waals surface area contributed by atoms with Crippen LogP contribution in [0.4, 0.5) is 23.0 Å². The molecule has 0 saturated heterocycles. The van der Waals surface area contributed by atoms with E-state index in [0.717, 1.165) is 0 Å². The minimum absolute atomic E-state index is 0.0639. The molecular weight excluding hydrogens is 374 g/mol. The third-order valence-corrected chi connectivity index (χ3v) is 3.87. The maximum absolute atomic E-state index is 12.1. The number of ether oxygens (including phenoxy) is 1. The van der Waals surface area contributed by atoms with Crippen LogP contribution in [0.5, 0.6) is 5.75 Å². The van der Waals surface area contributed by atoms with E-state index in [1.807, 2.05) is 13.8 Å². The summed E-state index contributed by atoms with van der Waals surface area (Å²) in [6, 6.07) is 9.03. The number of amides is 1. The zero-order valence-electron chi connectivity index (χ0n) is 16.3. The number of rotatable bonds is 8. The molecule has 0 fully saturated rings. The van der Waals surface area contributed by atoms with Crippen molar-refractivity contribution in [2.45, 2.75) is 26.3 Å². The number of hydrogen-bond donors (Lipinski definition) is 4. The molecule has 0 aliphatic carbocycles. The lowest BCUT2D eigenvalue weighted by molar-refractivity contribution is -0.136. The predicted molar refractivity (Wildman–Crippen MR) is 110 cm³/mol. The molecule has 154 valence electrons. The highest BCUT2D eigenvalue weighted by Gasteiger charge is 2.20. The topological polar surface area (TPSA) is 171 Å². The molecular formula is C19H25N7O3. The average Bonchev–Trinajstić information content (AvgIpc) is 2.67. The zero-order valence-corrected chi connectivity index (χ0v) is 16.3. The third-order valence-electron chi connectivity index (χ3n) is 3.87. The number of para-hydroxylation sites is 1. The molecule has 1 aromatic carbocycles. The van der Waals surface area contributed by atoms with Gasteiger partial charge in [-0.2, -0.15) is 0 Å². The van der Waals surface area contributed by atoms with E-state index < -0.39 is 12.0 Å². The van der Waals surface area contributed by atoms with Crippen LogP contribution in [-0.4, -0.2) is 29.4 Å². The van der Waals surface area contributed by atoms with Gasteiger partial charge < -0.3 is 27.3 Å². The Morgan fingerprint density at radius 2 is 1.83 bits per heavy atom. The molecule has 10 nitrogen and oxygen atoms in total. The number of carbonyl (C=O) groups is 2. The molecule has 0 radical (unpaired) electrons. The summed E-state index contributed by atoms with van der Waals surface area (Å²) in [5.74, 6) is -0.279. The van der Waals surface area contributed by atoms with Crippen LogP contribution >= 0.6 is 0 Å². The number of nitrogens with zero attached hydrogens (tertiary/aromatic N) is 3. The zero-order chi connectivity index (χ0) is 21.4. The Morgan fingerprint density at radius 1 is 1.14 bits per heavy atom. The SMILES string of the molecule is CC(C)[C@H](N)C(=O)Oc1ccccc1/N=N/c1ccc(NC(=O)CCN)nc1N. The Balaban J connectivity index is 2.16. The third kappa shape index (κ3) is 6.33. The molecule has 2 rings (SSSR count). The van der Waals surface area contributed by atoms with Crippen LogP contribution in [0.3, 0.4) is 0 Å². The molecule has 2 aromatic rings. The van der Waals surface area contributed by atoms with Crippen molar-refractivity contribution in [2.75, 3.05) is 17.6 Å². The van der Waals surface area contributed by atoms with E-state index in [0.29, 0.717) is 11.4 Å². The van der Waals surface area contributed by atoms with Gasteiger partial charge in [-0.25, -0.2) is 9.78 Å². The highest BCUT2D eigenvalue weighted by atomic mass is 16.5. The van der Waals surface area contributed by atoms with Crippen molar-refractivity contribution in [1.82, 2.24) is 4.98 Å². The lowest BCUT2D eigenvalue weighted by atomic mass is 10.1. The Hall–Kier alpha value is -3.37. The van der Waals surface area contributed by atoms with Crippen molar-refractivity contribution in [3.05, 3.63) is 36.4 Å². The monoisotopic (exact) mass is 399 g/mol. The molecule has 0 unspecified atom stereocenters. The van der Waals surface area contributed by atoms with E-state index >= 15 is 0 Å². The van der Waals surface area contributed by atoms with Crippen LogP contribution in [-0.2, 0) is 9.59 Å². The highest BCUT2D eigenvalue weighted by molar-refractivity contribution is 5.90. The van der Waals surface area contributed by atoms with Crippen molar-refractivity contribution in [1.29, 1.82) is 0 Å². The minimum Gasteiger partial charge on any atom is -0.423 e. The number of nitrogens with one attached hydrogen (secondary N) is 1. The Kier molecular flexibility index (Phi) is 7.75. The largest absolute Gasteiger partial charge is 0.423 e. The number of hydrogen-bond acceptors (Lipinski definition) is 9. The fraction of sp³-hybridized carbons (Fsp3) is 0.316. The van der Waals surface area contributed by atoms with Crippen molar-refractivity contribution in [2.24, 2.45) is 27.6 Å². The fourth-order valence-electron chi connectivity index (χ4n) is 2.14. The van der Waals surface area contributed by atoms with Gasteiger partial charge in [0.15, 0.2) is 11.6 Å². The Morgan fingerprint density at radius 3 is 2.48 bits per heavy atom. The number of aromatic nitrogens is 1. The second kappa shape index (κ2) is 10.2. The molecule has 10 heteroatoms. The molecule has 0 saturated carbocycles. The summed E-state index contributed by atoms with van der Waals surface area (Å²) in [7, 11) is 0. The minimum atomic E-state index is -0.748. The lowest BCUT2D eigenvalue weighted by Gasteiger charge is -2.14. The number of azo groups is 1. The quantitative estimate of drug-likeness (QED) is 0.299. The second-order valence-electron chi connectivity index (χ2n) is 6.55. The van der Waals surface area contributed by atoms with Gasteiger partial charge in [-0.15, -0.1) is 10.2 Å². The number of pyridine rings is 1. The van der Waals surface area contributed by atoms with E-state index in [1.54, 1.807) is 36.4 Å². The molecule has 29 heavy (non-hydrogen) atoms. The van der Waals surface area contributed by atoms with Gasteiger partial charge in [0.1, 0.15) is 23.2 Å². The van der Waals surface area contributed by atoms with Gasteiger partial charge in [0.05, 0.1) is 0 Å². The van der Waals surface area contributed by atoms with Gasteiger partial charge in [-0.05, 0) is 30.2 Å². The van der Waals surface area contributed by atoms with Gasteiger partial charge >= 0.3 is 5.97 Å². The van der Waals surface area contributed by atoms with Crippen molar-refractivity contribution < 1.29 is 14.3 Å². The summed E-state index contributed by atoms with van der Waals surface area (Å²) < 4.78 is 5.35. The van der Waals surface area contributed by atoms with Gasteiger partial charge in [0.25, 0.3) is 0 Å². The van der Waals surface area contributed by atoms with Crippen LogP contribution < -0.4 is 27.3 Å². The first-order chi connectivity index (χ1) is 13.8. The first-order valence-electron chi connectivity index (χ1n) is 9.06. The maximum Gasteiger partial charge on any atom is 0.328 e. The molecule has 0 aliphatic heterocycles. The van der Waals surface area contributed by atoms with Crippen molar-refractivity contribution in [3.8, 4) is 5.75 Å². The Labute approximate surface area is 168 Å². The maximum atomic E-state index is 12.1. The van der Waals surface area contributed by atoms with Crippen molar-refractivity contribution in [3.63, 3.8) is 0 Å². The molecule has 0 bridgehead atoms. The predicted octanol–water partition coefficient (Wildman–Crippen LogP) is 2.26. The molecule has 1 aromatic heterocycles.